The Morgan fingerprint density at radius 3 is 2.89 bits per heavy atom. The minimum absolute atomic E-state index is 0.586. The van der Waals surface area contributed by atoms with E-state index < -0.39 is 0 Å². The van der Waals surface area contributed by atoms with Crippen molar-refractivity contribution in [2.24, 2.45) is 10.7 Å². The largest absolute Gasteiger partial charge is 0.370 e. The highest BCUT2D eigenvalue weighted by Crippen LogP contribution is 2.14. The van der Waals surface area contributed by atoms with Crippen molar-refractivity contribution >= 4 is 5.96 Å². The Labute approximate surface area is 109 Å². The summed E-state index contributed by atoms with van der Waals surface area (Å²) in [6, 6.07) is 0. The Morgan fingerprint density at radius 2 is 2.22 bits per heavy atom. The van der Waals surface area contributed by atoms with Crippen LogP contribution in [0, 0.1) is 0 Å². The van der Waals surface area contributed by atoms with Gasteiger partial charge in [0, 0.05) is 32.3 Å². The Bertz CT molecular complexity index is 394. The van der Waals surface area contributed by atoms with Crippen molar-refractivity contribution in [2.45, 2.75) is 46.2 Å². The van der Waals surface area contributed by atoms with E-state index in [9.17, 15) is 0 Å². The van der Waals surface area contributed by atoms with Crippen LogP contribution in [-0.2, 0) is 19.5 Å². The molecule has 1 aromatic rings. The third-order valence-electron chi connectivity index (χ3n) is 3.45. The molecule has 0 aromatic carbocycles. The van der Waals surface area contributed by atoms with Gasteiger partial charge >= 0.3 is 0 Å². The minimum atomic E-state index is 0.586. The molecule has 0 amide bonds. The third-order valence-corrected chi connectivity index (χ3v) is 3.45. The van der Waals surface area contributed by atoms with Crippen molar-refractivity contribution in [2.75, 3.05) is 13.1 Å². The van der Waals surface area contributed by atoms with Crippen LogP contribution in [0.4, 0.5) is 0 Å². The number of hydrogen-bond donors (Lipinski definition) is 1. The third kappa shape index (κ3) is 2.83. The van der Waals surface area contributed by atoms with Gasteiger partial charge in [0.15, 0.2) is 5.96 Å². The number of aryl methyl sites for hydroxylation is 2. The molecule has 0 fully saturated rings. The quantitative estimate of drug-likeness (QED) is 0.648. The zero-order chi connectivity index (χ0) is 13.0. The first-order valence-electron chi connectivity index (χ1n) is 6.84. The molecule has 5 nitrogen and oxygen atoms in total. The zero-order valence-electron chi connectivity index (χ0n) is 11.4. The number of guanidine groups is 1. The Hall–Kier alpha value is -1.52. The van der Waals surface area contributed by atoms with E-state index in [1.54, 1.807) is 0 Å². The standard InChI is InChI=1S/C13H23N5/c1-3-17(4-2)13(14)15-9-11-10-18-8-6-5-7-12(18)16-11/h10H,3-9H2,1-2H3,(H2,14,15). The normalized spacial score (nSPS) is 15.6. The lowest BCUT2D eigenvalue weighted by Gasteiger charge is -2.19. The molecular weight excluding hydrogens is 226 g/mol. The van der Waals surface area contributed by atoms with E-state index in [1.165, 1.54) is 18.7 Å². The van der Waals surface area contributed by atoms with Crippen molar-refractivity contribution in [3.8, 4) is 0 Å². The Kier molecular flexibility index (Phi) is 4.23. The van der Waals surface area contributed by atoms with E-state index in [0.29, 0.717) is 12.5 Å². The van der Waals surface area contributed by atoms with Gasteiger partial charge in [-0.2, -0.15) is 0 Å². The maximum absolute atomic E-state index is 5.95. The van der Waals surface area contributed by atoms with Crippen LogP contribution in [0.25, 0.3) is 0 Å². The lowest BCUT2D eigenvalue weighted by molar-refractivity contribution is 0.458. The lowest BCUT2D eigenvalue weighted by atomic mass is 10.2. The van der Waals surface area contributed by atoms with Gasteiger partial charge in [-0.3, -0.25) is 0 Å². The molecule has 0 unspecified atom stereocenters. The highest BCUT2D eigenvalue weighted by Gasteiger charge is 2.12. The summed E-state index contributed by atoms with van der Waals surface area (Å²) in [7, 11) is 0. The molecule has 5 heteroatoms. The van der Waals surface area contributed by atoms with Crippen LogP contribution in [0.5, 0.6) is 0 Å². The molecule has 18 heavy (non-hydrogen) atoms. The van der Waals surface area contributed by atoms with E-state index in [-0.39, 0.29) is 0 Å². The van der Waals surface area contributed by atoms with Crippen molar-refractivity contribution in [3.05, 3.63) is 17.7 Å². The van der Waals surface area contributed by atoms with E-state index in [2.05, 4.69) is 39.5 Å². The number of nitrogens with zero attached hydrogens (tertiary/aromatic N) is 4. The summed E-state index contributed by atoms with van der Waals surface area (Å²) in [5.41, 5.74) is 6.98. The fraction of sp³-hybridized carbons (Fsp3) is 0.692. The van der Waals surface area contributed by atoms with Crippen LogP contribution in [0.15, 0.2) is 11.2 Å². The van der Waals surface area contributed by atoms with Gasteiger partial charge in [-0.25, -0.2) is 9.98 Å². The van der Waals surface area contributed by atoms with Gasteiger partial charge in [0.25, 0.3) is 0 Å². The van der Waals surface area contributed by atoms with Crippen LogP contribution in [0.3, 0.4) is 0 Å². The smallest absolute Gasteiger partial charge is 0.191 e. The van der Waals surface area contributed by atoms with E-state index in [1.807, 2.05) is 0 Å². The number of aromatic nitrogens is 2. The molecule has 2 heterocycles. The van der Waals surface area contributed by atoms with Gasteiger partial charge in [-0.15, -0.1) is 0 Å². The highest BCUT2D eigenvalue weighted by atomic mass is 15.2. The molecule has 0 atom stereocenters. The molecule has 2 N–H and O–H groups in total. The summed E-state index contributed by atoms with van der Waals surface area (Å²) in [5, 5.41) is 0. The number of fused-ring (bicyclic) bond motifs is 1. The van der Waals surface area contributed by atoms with Crippen LogP contribution in [0.1, 0.15) is 38.2 Å². The van der Waals surface area contributed by atoms with Gasteiger partial charge in [0.2, 0.25) is 0 Å². The zero-order valence-corrected chi connectivity index (χ0v) is 11.4. The molecule has 0 bridgehead atoms. The molecule has 0 saturated carbocycles. The molecule has 0 saturated heterocycles. The SMILES string of the molecule is CCN(CC)C(N)=NCc1cn2c(n1)CCCC2. The first-order valence-corrected chi connectivity index (χ1v) is 6.84. The van der Waals surface area contributed by atoms with E-state index in [4.69, 9.17) is 5.73 Å². The average Bonchev–Trinajstić information content (AvgIpc) is 2.80. The summed E-state index contributed by atoms with van der Waals surface area (Å²) in [4.78, 5) is 11.1. The second kappa shape index (κ2) is 5.89. The number of aliphatic imine (C=N–C) groups is 1. The summed E-state index contributed by atoms with van der Waals surface area (Å²) >= 11 is 0. The van der Waals surface area contributed by atoms with Crippen molar-refractivity contribution in [1.82, 2.24) is 14.5 Å². The summed E-state index contributed by atoms with van der Waals surface area (Å²) in [6.07, 6.45) is 5.72. The molecule has 1 aromatic heterocycles. The van der Waals surface area contributed by atoms with Gasteiger partial charge in [-0.05, 0) is 26.7 Å². The van der Waals surface area contributed by atoms with Crippen LogP contribution < -0.4 is 5.73 Å². The summed E-state index contributed by atoms with van der Waals surface area (Å²) in [5.74, 6) is 1.82. The maximum atomic E-state index is 5.95. The van der Waals surface area contributed by atoms with Crippen molar-refractivity contribution < 1.29 is 0 Å². The number of imidazole rings is 1. The second-order valence-electron chi connectivity index (χ2n) is 4.65. The molecule has 0 spiro atoms. The number of hydrogen-bond acceptors (Lipinski definition) is 2. The van der Waals surface area contributed by atoms with Gasteiger partial charge in [-0.1, -0.05) is 0 Å². The second-order valence-corrected chi connectivity index (χ2v) is 4.65. The fourth-order valence-electron chi connectivity index (χ4n) is 2.36. The maximum Gasteiger partial charge on any atom is 0.191 e. The average molecular weight is 249 g/mol. The molecule has 0 radical (unpaired) electrons. The van der Waals surface area contributed by atoms with E-state index >= 15 is 0 Å². The van der Waals surface area contributed by atoms with Crippen LogP contribution in [-0.4, -0.2) is 33.5 Å². The molecule has 0 aliphatic carbocycles. The monoisotopic (exact) mass is 249 g/mol. The highest BCUT2D eigenvalue weighted by molar-refractivity contribution is 5.77. The topological polar surface area (TPSA) is 59.4 Å². The van der Waals surface area contributed by atoms with Gasteiger partial charge in [0.05, 0.1) is 12.2 Å². The molecule has 100 valence electrons. The predicted octanol–water partition coefficient (Wildman–Crippen LogP) is 1.38. The minimum Gasteiger partial charge on any atom is -0.370 e. The summed E-state index contributed by atoms with van der Waals surface area (Å²) in [6.45, 7) is 7.64. The predicted molar refractivity (Wildman–Crippen MR) is 73.4 cm³/mol. The Balaban J connectivity index is 2.01. The van der Waals surface area contributed by atoms with Gasteiger partial charge < -0.3 is 15.2 Å². The number of rotatable bonds is 4. The van der Waals surface area contributed by atoms with Crippen molar-refractivity contribution in [3.63, 3.8) is 0 Å². The van der Waals surface area contributed by atoms with Crippen LogP contribution >= 0.6 is 0 Å². The molecule has 1 aliphatic heterocycles. The van der Waals surface area contributed by atoms with Crippen molar-refractivity contribution in [1.29, 1.82) is 0 Å². The first kappa shape index (κ1) is 12.9. The summed E-state index contributed by atoms with van der Waals surface area (Å²) < 4.78 is 2.25. The fourth-order valence-corrected chi connectivity index (χ4v) is 2.36. The molecule has 2 rings (SSSR count). The molecular formula is C13H23N5. The van der Waals surface area contributed by atoms with Gasteiger partial charge in [0.1, 0.15) is 5.82 Å². The Morgan fingerprint density at radius 1 is 1.44 bits per heavy atom. The lowest BCUT2D eigenvalue weighted by Crippen LogP contribution is -2.37. The molecule has 1 aliphatic rings. The number of nitrogens with two attached hydrogens (primary N) is 1. The first-order chi connectivity index (χ1) is 8.74. The van der Waals surface area contributed by atoms with E-state index in [0.717, 1.165) is 31.7 Å². The van der Waals surface area contributed by atoms with Crippen LogP contribution in [0.2, 0.25) is 0 Å².